The van der Waals surface area contributed by atoms with Crippen LogP contribution in [0.2, 0.25) is 0 Å². The van der Waals surface area contributed by atoms with Crippen molar-refractivity contribution >= 4 is 5.91 Å². The van der Waals surface area contributed by atoms with Crippen LogP contribution >= 0.6 is 0 Å². The van der Waals surface area contributed by atoms with Gasteiger partial charge >= 0.3 is 0 Å². The van der Waals surface area contributed by atoms with E-state index >= 15 is 0 Å². The number of nitrogens with zero attached hydrogens (tertiary/aromatic N) is 3. The highest BCUT2D eigenvalue weighted by molar-refractivity contribution is 5.76. The second kappa shape index (κ2) is 8.52. The zero-order valence-corrected chi connectivity index (χ0v) is 15.6. The second-order valence-corrected chi connectivity index (χ2v) is 7.15. The molecule has 146 valence electrons. The first-order valence-electron chi connectivity index (χ1n) is 9.31. The highest BCUT2D eigenvalue weighted by Gasteiger charge is 2.32. The summed E-state index contributed by atoms with van der Waals surface area (Å²) in [4.78, 5) is 14.4. The Balaban J connectivity index is 1.49. The number of ether oxygens (including phenoxy) is 1. The summed E-state index contributed by atoms with van der Waals surface area (Å²) in [5, 5.41) is 14.9. The molecule has 27 heavy (non-hydrogen) atoms. The van der Waals surface area contributed by atoms with Crippen LogP contribution < -0.4 is 4.74 Å². The van der Waals surface area contributed by atoms with Crippen molar-refractivity contribution in [1.82, 2.24) is 14.7 Å². The van der Waals surface area contributed by atoms with Crippen molar-refractivity contribution in [3.63, 3.8) is 0 Å². The lowest BCUT2D eigenvalue weighted by Crippen LogP contribution is -2.38. The molecule has 2 heterocycles. The van der Waals surface area contributed by atoms with E-state index in [1.165, 1.54) is 12.1 Å². The number of hydrogen-bond donors (Lipinski definition) is 1. The molecule has 1 N–H and O–H groups in total. The summed E-state index contributed by atoms with van der Waals surface area (Å²) < 4.78 is 20.4. The van der Waals surface area contributed by atoms with Crippen molar-refractivity contribution in [3.8, 4) is 5.75 Å². The highest BCUT2D eigenvalue weighted by Crippen LogP contribution is 2.24. The van der Waals surface area contributed by atoms with Gasteiger partial charge in [-0.3, -0.25) is 9.48 Å². The topological polar surface area (TPSA) is 67.6 Å². The number of carbonyl (C=O) groups excluding carboxylic acids is 1. The smallest absolute Gasteiger partial charge is 0.222 e. The number of halogens is 1. The molecular formula is C20H26FN3O3. The van der Waals surface area contributed by atoms with E-state index in [9.17, 15) is 14.3 Å². The molecule has 0 saturated carbocycles. The molecule has 1 saturated heterocycles. The summed E-state index contributed by atoms with van der Waals surface area (Å²) in [5.41, 5.74) is 0.0493. The predicted octanol–water partition coefficient (Wildman–Crippen LogP) is 2.31. The molecule has 1 aromatic carbocycles. The van der Waals surface area contributed by atoms with Gasteiger partial charge in [-0.2, -0.15) is 5.10 Å². The molecule has 0 bridgehead atoms. The van der Waals surface area contributed by atoms with Gasteiger partial charge in [0, 0.05) is 38.4 Å². The molecule has 0 radical (unpaired) electrons. The number of aromatic nitrogens is 2. The Morgan fingerprint density at radius 3 is 2.74 bits per heavy atom. The molecule has 1 aromatic heterocycles. The van der Waals surface area contributed by atoms with E-state index in [2.05, 4.69) is 5.10 Å². The fourth-order valence-electron chi connectivity index (χ4n) is 3.36. The van der Waals surface area contributed by atoms with Crippen molar-refractivity contribution in [2.45, 2.75) is 37.7 Å². The summed E-state index contributed by atoms with van der Waals surface area (Å²) in [6.45, 7) is 1.28. The van der Waals surface area contributed by atoms with Crippen molar-refractivity contribution in [2.75, 3.05) is 19.7 Å². The SMILES string of the molecule is Cn1nccc1CCC(=O)N1CCCC(O)(COc2ccc(F)cc2)CC1. The Kier molecular flexibility index (Phi) is 6.11. The van der Waals surface area contributed by atoms with Gasteiger partial charge in [0.1, 0.15) is 23.8 Å². The van der Waals surface area contributed by atoms with Crippen LogP contribution in [-0.2, 0) is 18.3 Å². The first-order chi connectivity index (χ1) is 13.0. The predicted molar refractivity (Wildman–Crippen MR) is 98.8 cm³/mol. The maximum atomic E-state index is 13.0. The van der Waals surface area contributed by atoms with Gasteiger partial charge in [0.15, 0.2) is 0 Å². The minimum absolute atomic E-state index is 0.0971. The first kappa shape index (κ1) is 19.4. The number of likely N-dealkylation sites (tertiary alicyclic amines) is 1. The summed E-state index contributed by atoms with van der Waals surface area (Å²) in [6, 6.07) is 7.67. The second-order valence-electron chi connectivity index (χ2n) is 7.15. The van der Waals surface area contributed by atoms with E-state index in [-0.39, 0.29) is 18.3 Å². The number of aliphatic hydroxyl groups is 1. The summed E-state index contributed by atoms with van der Waals surface area (Å²) in [6.07, 6.45) is 4.58. The quantitative estimate of drug-likeness (QED) is 0.841. The van der Waals surface area contributed by atoms with Gasteiger partial charge in [0.2, 0.25) is 5.91 Å². The number of amides is 1. The lowest BCUT2D eigenvalue weighted by Gasteiger charge is -2.27. The van der Waals surface area contributed by atoms with Gasteiger partial charge in [0.05, 0.1) is 0 Å². The molecule has 0 aliphatic carbocycles. The molecule has 1 unspecified atom stereocenters. The van der Waals surface area contributed by atoms with E-state index in [1.54, 1.807) is 23.0 Å². The molecule has 1 atom stereocenters. The minimum atomic E-state index is -0.981. The summed E-state index contributed by atoms with van der Waals surface area (Å²) >= 11 is 0. The van der Waals surface area contributed by atoms with Gasteiger partial charge in [-0.25, -0.2) is 4.39 Å². The largest absolute Gasteiger partial charge is 0.491 e. The molecule has 0 spiro atoms. The van der Waals surface area contributed by atoms with Crippen LogP contribution in [0.1, 0.15) is 31.4 Å². The van der Waals surface area contributed by atoms with Crippen LogP contribution in [0, 0.1) is 5.82 Å². The zero-order chi connectivity index (χ0) is 19.3. The molecule has 3 rings (SSSR count). The maximum Gasteiger partial charge on any atom is 0.222 e. The van der Waals surface area contributed by atoms with Gasteiger partial charge in [-0.05, 0) is 56.0 Å². The number of carbonyl (C=O) groups is 1. The number of aryl methyl sites for hydroxylation is 2. The fraction of sp³-hybridized carbons (Fsp3) is 0.500. The Morgan fingerprint density at radius 2 is 2.04 bits per heavy atom. The van der Waals surface area contributed by atoms with Gasteiger partial charge in [0.25, 0.3) is 0 Å². The normalized spacial score (nSPS) is 20.3. The van der Waals surface area contributed by atoms with Crippen LogP contribution in [0.4, 0.5) is 4.39 Å². The monoisotopic (exact) mass is 375 g/mol. The molecule has 7 heteroatoms. The van der Waals surface area contributed by atoms with Crippen molar-refractivity contribution in [3.05, 3.63) is 48.0 Å². The molecule has 1 aliphatic rings. The van der Waals surface area contributed by atoms with Crippen LogP contribution in [0.25, 0.3) is 0 Å². The maximum absolute atomic E-state index is 13.0. The Morgan fingerprint density at radius 1 is 1.26 bits per heavy atom. The van der Waals surface area contributed by atoms with Gasteiger partial charge < -0.3 is 14.7 Å². The first-order valence-corrected chi connectivity index (χ1v) is 9.31. The summed E-state index contributed by atoms with van der Waals surface area (Å²) in [5.74, 6) is 0.300. The molecule has 2 aromatic rings. The van der Waals surface area contributed by atoms with Crippen molar-refractivity contribution < 1.29 is 19.0 Å². The molecule has 1 amide bonds. The van der Waals surface area contributed by atoms with Crippen LogP contribution in [0.3, 0.4) is 0 Å². The molecule has 1 aliphatic heterocycles. The average molecular weight is 375 g/mol. The molecule has 6 nitrogen and oxygen atoms in total. The summed E-state index contributed by atoms with van der Waals surface area (Å²) in [7, 11) is 1.87. The fourth-order valence-corrected chi connectivity index (χ4v) is 3.36. The van der Waals surface area contributed by atoms with Gasteiger partial charge in [-0.15, -0.1) is 0 Å². The third-order valence-electron chi connectivity index (χ3n) is 5.11. The lowest BCUT2D eigenvalue weighted by molar-refractivity contribution is -0.131. The zero-order valence-electron chi connectivity index (χ0n) is 15.6. The molecule has 1 fully saturated rings. The number of hydrogen-bond acceptors (Lipinski definition) is 4. The standard InChI is InChI=1S/C20H26FN3O3/c1-23-17(9-12-22-23)5-8-19(25)24-13-2-10-20(26,11-14-24)15-27-18-6-3-16(21)4-7-18/h3-4,6-7,9,12,26H,2,5,8,10-11,13-15H2,1H3. The van der Waals surface area contributed by atoms with Crippen LogP contribution in [-0.4, -0.2) is 51.0 Å². The third kappa shape index (κ3) is 5.29. The highest BCUT2D eigenvalue weighted by atomic mass is 19.1. The minimum Gasteiger partial charge on any atom is -0.491 e. The third-order valence-corrected chi connectivity index (χ3v) is 5.11. The number of rotatable bonds is 6. The Bertz CT molecular complexity index is 762. The van der Waals surface area contributed by atoms with Crippen molar-refractivity contribution in [2.24, 2.45) is 7.05 Å². The molecular weight excluding hydrogens is 349 g/mol. The van der Waals surface area contributed by atoms with Crippen LogP contribution in [0.15, 0.2) is 36.5 Å². The van der Waals surface area contributed by atoms with E-state index < -0.39 is 5.60 Å². The van der Waals surface area contributed by atoms with E-state index in [4.69, 9.17) is 4.74 Å². The van der Waals surface area contributed by atoms with E-state index in [0.29, 0.717) is 44.5 Å². The van der Waals surface area contributed by atoms with Crippen LogP contribution in [0.5, 0.6) is 5.75 Å². The van der Waals surface area contributed by atoms with E-state index in [0.717, 1.165) is 12.1 Å². The van der Waals surface area contributed by atoms with Gasteiger partial charge in [-0.1, -0.05) is 0 Å². The Hall–Kier alpha value is -2.41. The lowest BCUT2D eigenvalue weighted by atomic mass is 9.96. The van der Waals surface area contributed by atoms with E-state index in [1.807, 2.05) is 18.0 Å². The van der Waals surface area contributed by atoms with Crippen molar-refractivity contribution in [1.29, 1.82) is 0 Å². The Labute approximate surface area is 158 Å². The number of benzene rings is 1. The average Bonchev–Trinajstić information content (AvgIpc) is 2.96.